The molecule has 1 N–H and O–H groups in total. The molecule has 1 aromatic carbocycles. The van der Waals surface area contributed by atoms with Gasteiger partial charge in [-0.05, 0) is 43.0 Å². The van der Waals surface area contributed by atoms with Gasteiger partial charge >= 0.3 is 0 Å². The molecule has 0 saturated heterocycles. The minimum atomic E-state index is -0.272. The Balaban J connectivity index is 1.99. The van der Waals surface area contributed by atoms with Crippen LogP contribution < -0.4 is 10.1 Å². The second-order valence-electron chi connectivity index (χ2n) is 5.90. The zero-order valence-electron chi connectivity index (χ0n) is 13.7. The van der Waals surface area contributed by atoms with Gasteiger partial charge in [0.25, 0.3) is 5.91 Å². The van der Waals surface area contributed by atoms with E-state index in [2.05, 4.69) is 12.2 Å². The van der Waals surface area contributed by atoms with Crippen molar-refractivity contribution in [1.82, 2.24) is 5.32 Å². The van der Waals surface area contributed by atoms with Gasteiger partial charge < -0.3 is 10.1 Å². The van der Waals surface area contributed by atoms with Crippen molar-refractivity contribution in [3.05, 3.63) is 35.4 Å². The monoisotopic (exact) mass is 312 g/mol. The fourth-order valence-corrected chi connectivity index (χ4v) is 2.71. The summed E-state index contributed by atoms with van der Waals surface area (Å²) >= 11 is 0. The van der Waals surface area contributed by atoms with Gasteiger partial charge in [0, 0.05) is 6.04 Å². The van der Waals surface area contributed by atoms with E-state index in [0.29, 0.717) is 6.61 Å². The van der Waals surface area contributed by atoms with E-state index in [4.69, 9.17) is 4.74 Å². The molecule has 1 aromatic rings. The fraction of sp³-hybridized carbons (Fsp3) is 0.474. The van der Waals surface area contributed by atoms with Gasteiger partial charge in [-0.15, -0.1) is 0 Å². The van der Waals surface area contributed by atoms with E-state index in [1.54, 1.807) is 6.08 Å². The van der Waals surface area contributed by atoms with Crippen LogP contribution in [0, 0.1) is 11.3 Å². The van der Waals surface area contributed by atoms with Crippen LogP contribution in [0.15, 0.2) is 29.8 Å². The Morgan fingerprint density at radius 2 is 2.00 bits per heavy atom. The Hall–Kier alpha value is -2.28. The van der Waals surface area contributed by atoms with Gasteiger partial charge in [-0.2, -0.15) is 5.26 Å². The SMILES string of the molecule is CCCOc1ccc(/C=C(\C#N)C(=O)NC2CCCCC2)cc1. The first-order chi connectivity index (χ1) is 11.2. The quantitative estimate of drug-likeness (QED) is 0.641. The van der Waals surface area contributed by atoms with E-state index in [1.165, 1.54) is 6.42 Å². The van der Waals surface area contributed by atoms with Crippen molar-refractivity contribution in [2.24, 2.45) is 0 Å². The van der Waals surface area contributed by atoms with Crippen molar-refractivity contribution < 1.29 is 9.53 Å². The van der Waals surface area contributed by atoms with Crippen LogP contribution >= 0.6 is 0 Å². The highest BCUT2D eigenvalue weighted by atomic mass is 16.5. The molecule has 4 heteroatoms. The number of rotatable bonds is 6. The normalized spacial score (nSPS) is 15.7. The average molecular weight is 312 g/mol. The molecule has 4 nitrogen and oxygen atoms in total. The highest BCUT2D eigenvalue weighted by Gasteiger charge is 2.17. The lowest BCUT2D eigenvalue weighted by molar-refractivity contribution is -0.117. The number of carbonyl (C=O) groups is 1. The van der Waals surface area contributed by atoms with E-state index in [-0.39, 0.29) is 17.5 Å². The van der Waals surface area contributed by atoms with Gasteiger partial charge in [0.2, 0.25) is 0 Å². The molecule has 0 radical (unpaired) electrons. The lowest BCUT2D eigenvalue weighted by atomic mass is 9.95. The number of hydrogen-bond acceptors (Lipinski definition) is 3. The largest absolute Gasteiger partial charge is 0.494 e. The van der Waals surface area contributed by atoms with Crippen LogP contribution in [-0.4, -0.2) is 18.6 Å². The predicted molar refractivity (Wildman–Crippen MR) is 90.8 cm³/mol. The Morgan fingerprint density at radius 1 is 1.30 bits per heavy atom. The van der Waals surface area contributed by atoms with Crippen molar-refractivity contribution in [2.75, 3.05) is 6.61 Å². The van der Waals surface area contributed by atoms with Gasteiger partial charge in [0.1, 0.15) is 17.4 Å². The predicted octanol–water partition coefficient (Wildman–Crippen LogP) is 3.83. The maximum Gasteiger partial charge on any atom is 0.262 e. The van der Waals surface area contributed by atoms with E-state index in [1.807, 2.05) is 30.3 Å². The first-order valence-electron chi connectivity index (χ1n) is 8.38. The van der Waals surface area contributed by atoms with Crippen molar-refractivity contribution in [1.29, 1.82) is 5.26 Å². The third-order valence-electron chi connectivity index (χ3n) is 3.97. The molecule has 0 aliphatic heterocycles. The van der Waals surface area contributed by atoms with Gasteiger partial charge in [0.05, 0.1) is 6.61 Å². The summed E-state index contributed by atoms with van der Waals surface area (Å²) in [5.74, 6) is 0.528. The number of nitrogens with one attached hydrogen (secondary N) is 1. The minimum absolute atomic E-state index is 0.151. The van der Waals surface area contributed by atoms with Crippen LogP contribution in [0.1, 0.15) is 51.0 Å². The number of benzene rings is 1. The summed E-state index contributed by atoms with van der Waals surface area (Å²) in [6.45, 7) is 2.74. The van der Waals surface area contributed by atoms with E-state index in [9.17, 15) is 10.1 Å². The maximum atomic E-state index is 12.2. The van der Waals surface area contributed by atoms with Crippen molar-refractivity contribution >= 4 is 12.0 Å². The van der Waals surface area contributed by atoms with Crippen molar-refractivity contribution in [3.63, 3.8) is 0 Å². The third kappa shape index (κ3) is 5.45. The zero-order chi connectivity index (χ0) is 16.5. The number of hydrogen-bond donors (Lipinski definition) is 1. The summed E-state index contributed by atoms with van der Waals surface area (Å²) in [6, 6.07) is 9.64. The van der Waals surface area contributed by atoms with E-state index < -0.39 is 0 Å². The minimum Gasteiger partial charge on any atom is -0.494 e. The lowest BCUT2D eigenvalue weighted by Crippen LogP contribution is -2.36. The molecule has 1 saturated carbocycles. The van der Waals surface area contributed by atoms with Crippen LogP contribution in [0.4, 0.5) is 0 Å². The van der Waals surface area contributed by atoms with Crippen LogP contribution in [0.3, 0.4) is 0 Å². The van der Waals surface area contributed by atoms with Gasteiger partial charge in [-0.1, -0.05) is 38.3 Å². The highest BCUT2D eigenvalue weighted by Crippen LogP contribution is 2.18. The molecule has 1 aliphatic carbocycles. The Labute approximate surface area is 138 Å². The molecule has 1 aliphatic rings. The van der Waals surface area contributed by atoms with Crippen molar-refractivity contribution in [3.8, 4) is 11.8 Å². The number of carbonyl (C=O) groups excluding carboxylic acids is 1. The topological polar surface area (TPSA) is 62.1 Å². The first kappa shape index (κ1) is 17.1. The molecular weight excluding hydrogens is 288 g/mol. The summed E-state index contributed by atoms with van der Waals surface area (Å²) in [5.41, 5.74) is 0.974. The summed E-state index contributed by atoms with van der Waals surface area (Å²) in [6.07, 6.45) is 8.14. The highest BCUT2D eigenvalue weighted by molar-refractivity contribution is 6.01. The number of nitrogens with zero attached hydrogens (tertiary/aromatic N) is 1. The van der Waals surface area contributed by atoms with Crippen LogP contribution in [-0.2, 0) is 4.79 Å². The molecule has 23 heavy (non-hydrogen) atoms. The summed E-state index contributed by atoms with van der Waals surface area (Å²) in [7, 11) is 0. The fourth-order valence-electron chi connectivity index (χ4n) is 2.71. The van der Waals surface area contributed by atoms with E-state index in [0.717, 1.165) is 43.4 Å². The molecule has 0 aromatic heterocycles. The van der Waals surface area contributed by atoms with Gasteiger partial charge in [-0.3, -0.25) is 4.79 Å². The summed E-state index contributed by atoms with van der Waals surface area (Å²) < 4.78 is 5.52. The molecule has 0 atom stereocenters. The molecule has 0 spiro atoms. The summed E-state index contributed by atoms with van der Waals surface area (Å²) in [4.78, 5) is 12.2. The molecule has 122 valence electrons. The molecular formula is C19H24N2O2. The Kier molecular flexibility index (Phi) is 6.68. The molecule has 0 bridgehead atoms. The van der Waals surface area contributed by atoms with Gasteiger partial charge in [0.15, 0.2) is 0 Å². The lowest BCUT2D eigenvalue weighted by Gasteiger charge is -2.22. The van der Waals surface area contributed by atoms with Crippen LogP contribution in [0.5, 0.6) is 5.75 Å². The second kappa shape index (κ2) is 8.99. The Bertz CT molecular complexity index is 578. The average Bonchev–Trinajstić information content (AvgIpc) is 2.59. The molecule has 1 fully saturated rings. The molecule has 2 rings (SSSR count). The molecule has 0 unspecified atom stereocenters. The third-order valence-corrected chi connectivity index (χ3v) is 3.97. The first-order valence-corrected chi connectivity index (χ1v) is 8.38. The second-order valence-corrected chi connectivity index (χ2v) is 5.90. The Morgan fingerprint density at radius 3 is 2.61 bits per heavy atom. The van der Waals surface area contributed by atoms with Gasteiger partial charge in [-0.25, -0.2) is 0 Å². The number of nitriles is 1. The van der Waals surface area contributed by atoms with E-state index >= 15 is 0 Å². The van der Waals surface area contributed by atoms with Crippen LogP contribution in [0.25, 0.3) is 6.08 Å². The molecule has 0 heterocycles. The van der Waals surface area contributed by atoms with Crippen LogP contribution in [0.2, 0.25) is 0 Å². The summed E-state index contributed by atoms with van der Waals surface area (Å²) in [5, 5.41) is 12.2. The maximum absolute atomic E-state index is 12.2. The van der Waals surface area contributed by atoms with Crippen molar-refractivity contribution in [2.45, 2.75) is 51.5 Å². The zero-order valence-corrected chi connectivity index (χ0v) is 13.7. The number of ether oxygens (including phenoxy) is 1. The smallest absolute Gasteiger partial charge is 0.262 e. The number of amides is 1. The molecule has 1 amide bonds. The standard InChI is InChI=1S/C19H24N2O2/c1-2-12-23-18-10-8-15(9-11-18)13-16(14-20)19(22)21-17-6-4-3-5-7-17/h8-11,13,17H,2-7,12H2,1H3,(H,21,22)/b16-13+.